The molecular formula is C30H48N6O12S. The van der Waals surface area contributed by atoms with Crippen molar-refractivity contribution in [2.45, 2.75) is 110 Å². The molecule has 2 saturated heterocycles. The second-order valence-electron chi connectivity index (χ2n) is 13.1. The molecule has 2 fully saturated rings. The zero-order valence-electron chi connectivity index (χ0n) is 28.7. The number of carboxylic acids is 2. The third-order valence-corrected chi connectivity index (χ3v) is 9.74. The van der Waals surface area contributed by atoms with Gasteiger partial charge in [0, 0.05) is 19.9 Å². The van der Waals surface area contributed by atoms with E-state index < -0.39 is 124 Å². The molecule has 2 aliphatic rings. The molecule has 6 N–H and O–H groups in total. The third-order valence-electron chi connectivity index (χ3n) is 8.58. The van der Waals surface area contributed by atoms with E-state index >= 15 is 0 Å². The lowest BCUT2D eigenvalue weighted by Gasteiger charge is -2.33. The van der Waals surface area contributed by atoms with E-state index in [0.29, 0.717) is 0 Å². The number of rotatable bonds is 17. The first-order valence-electron chi connectivity index (χ1n) is 16.1. The zero-order valence-corrected chi connectivity index (χ0v) is 29.5. The first kappa shape index (κ1) is 40.9. The normalized spacial score (nSPS) is 21.4. The summed E-state index contributed by atoms with van der Waals surface area (Å²) in [5, 5.41) is 28.0. The second-order valence-corrected chi connectivity index (χ2v) is 15.0. The molecule has 0 aromatic rings. The molecule has 0 saturated carbocycles. The van der Waals surface area contributed by atoms with Crippen LogP contribution in [0.25, 0.3) is 0 Å². The van der Waals surface area contributed by atoms with Gasteiger partial charge < -0.3 is 36.4 Å². The van der Waals surface area contributed by atoms with E-state index in [4.69, 9.17) is 5.11 Å². The number of carbonyl (C=O) groups is 8. The van der Waals surface area contributed by atoms with Gasteiger partial charge in [-0.3, -0.25) is 38.4 Å². The van der Waals surface area contributed by atoms with Crippen LogP contribution < -0.4 is 21.3 Å². The first-order valence-corrected chi connectivity index (χ1v) is 17.9. The molecule has 7 atom stereocenters. The van der Waals surface area contributed by atoms with Crippen molar-refractivity contribution in [2.24, 2.45) is 17.8 Å². The number of likely N-dealkylation sites (tertiary alicyclic amines) is 1. The Balaban J connectivity index is 2.28. The Morgan fingerprint density at radius 2 is 1.39 bits per heavy atom. The summed E-state index contributed by atoms with van der Waals surface area (Å²) in [5.74, 6) is -9.24. The van der Waals surface area contributed by atoms with Gasteiger partial charge in [-0.1, -0.05) is 34.6 Å². The van der Waals surface area contributed by atoms with E-state index in [1.165, 1.54) is 4.90 Å². The lowest BCUT2D eigenvalue weighted by atomic mass is 9.94. The summed E-state index contributed by atoms with van der Waals surface area (Å²) in [7, 11) is -3.89. The van der Waals surface area contributed by atoms with Gasteiger partial charge >= 0.3 is 11.9 Å². The highest BCUT2D eigenvalue weighted by atomic mass is 32.2. The first-order chi connectivity index (χ1) is 22.6. The van der Waals surface area contributed by atoms with Crippen molar-refractivity contribution in [3.63, 3.8) is 0 Å². The molecule has 2 heterocycles. The van der Waals surface area contributed by atoms with Gasteiger partial charge in [-0.2, -0.15) is 0 Å². The Labute approximate surface area is 285 Å². The van der Waals surface area contributed by atoms with Gasteiger partial charge in [0.15, 0.2) is 0 Å². The molecule has 2 rings (SSSR count). The molecule has 0 aliphatic carbocycles. The highest BCUT2D eigenvalue weighted by molar-refractivity contribution is 7.88. The van der Waals surface area contributed by atoms with Crippen LogP contribution in [0.5, 0.6) is 0 Å². The number of hydrogen-bond donors (Lipinski definition) is 6. The molecule has 2 aliphatic heterocycles. The number of hydrogen-bond acceptors (Lipinski definition) is 10. The standard InChI is InChI=1S/C30H48N6O12S/c1-8-17-25-20(36(29(17)45)49(7,47)48)11-12-35(25)30(46)24(15(4)5)34-28(44)23(14(2)3)33-27(43)19(13-22(40)41)32-26(42)18(31-16(6)37)9-10-21(38)39/h14-15,17-20,23-25H,8-13H2,1-7H3,(H,31,37)(H,32,42)(H,33,43)(H,34,44)(H,38,39)(H,40,41)/t17?,18-,19-,20-,23-,24-,25+/m0/s1. The van der Waals surface area contributed by atoms with Crippen LogP contribution in [0.4, 0.5) is 0 Å². The van der Waals surface area contributed by atoms with Crippen LogP contribution in [0.3, 0.4) is 0 Å². The third kappa shape index (κ3) is 10.4. The van der Waals surface area contributed by atoms with Crippen LogP contribution in [0.15, 0.2) is 0 Å². The van der Waals surface area contributed by atoms with Crippen molar-refractivity contribution in [3.8, 4) is 0 Å². The number of carbonyl (C=O) groups excluding carboxylic acids is 6. The van der Waals surface area contributed by atoms with E-state index in [1.807, 2.05) is 0 Å². The molecule has 49 heavy (non-hydrogen) atoms. The Morgan fingerprint density at radius 1 is 0.837 bits per heavy atom. The lowest BCUT2D eigenvalue weighted by molar-refractivity contribution is -0.143. The van der Waals surface area contributed by atoms with Crippen molar-refractivity contribution >= 4 is 57.4 Å². The molecule has 19 heteroatoms. The van der Waals surface area contributed by atoms with Gasteiger partial charge in [-0.15, -0.1) is 0 Å². The van der Waals surface area contributed by atoms with E-state index in [9.17, 15) is 51.9 Å². The van der Waals surface area contributed by atoms with Gasteiger partial charge in [0.05, 0.1) is 30.7 Å². The fourth-order valence-electron chi connectivity index (χ4n) is 6.26. The van der Waals surface area contributed by atoms with Crippen molar-refractivity contribution in [1.29, 1.82) is 0 Å². The summed E-state index contributed by atoms with van der Waals surface area (Å²) in [6.07, 6.45) is -0.316. The molecule has 276 valence electrons. The van der Waals surface area contributed by atoms with Crippen LogP contribution in [-0.4, -0.2) is 124 Å². The Hall–Kier alpha value is -4.29. The molecule has 0 radical (unpaired) electrons. The van der Waals surface area contributed by atoms with Crippen LogP contribution in [0.1, 0.15) is 73.6 Å². The Morgan fingerprint density at radius 3 is 1.86 bits per heavy atom. The lowest BCUT2D eigenvalue weighted by Crippen LogP contribution is -2.61. The van der Waals surface area contributed by atoms with Gasteiger partial charge in [0.25, 0.3) is 0 Å². The smallest absolute Gasteiger partial charge is 0.305 e. The number of nitrogens with zero attached hydrogens (tertiary/aromatic N) is 2. The highest BCUT2D eigenvalue weighted by Gasteiger charge is 2.57. The minimum Gasteiger partial charge on any atom is -0.481 e. The maximum Gasteiger partial charge on any atom is 0.305 e. The quantitative estimate of drug-likeness (QED) is 0.0994. The predicted octanol–water partition coefficient (Wildman–Crippen LogP) is -1.61. The summed E-state index contributed by atoms with van der Waals surface area (Å²) in [6, 6.07) is -7.05. The predicted molar refractivity (Wildman–Crippen MR) is 172 cm³/mol. The van der Waals surface area contributed by atoms with Crippen molar-refractivity contribution in [2.75, 3.05) is 12.8 Å². The topological polar surface area (TPSA) is 266 Å². The fraction of sp³-hybridized carbons (Fsp3) is 0.733. The highest BCUT2D eigenvalue weighted by Crippen LogP contribution is 2.40. The molecule has 0 aromatic heterocycles. The summed E-state index contributed by atoms with van der Waals surface area (Å²) < 4.78 is 25.8. The number of fused-ring (bicyclic) bond motifs is 1. The Kier molecular flexibility index (Phi) is 14.1. The molecule has 0 aromatic carbocycles. The molecule has 0 spiro atoms. The van der Waals surface area contributed by atoms with E-state index in [1.54, 1.807) is 34.6 Å². The van der Waals surface area contributed by atoms with Crippen LogP contribution in [-0.2, 0) is 48.4 Å². The summed E-state index contributed by atoms with van der Waals surface area (Å²) in [6.45, 7) is 9.48. The fourth-order valence-corrected chi connectivity index (χ4v) is 7.44. The van der Waals surface area contributed by atoms with Crippen LogP contribution in [0.2, 0.25) is 0 Å². The van der Waals surface area contributed by atoms with Gasteiger partial charge in [-0.25, -0.2) is 12.7 Å². The maximum atomic E-state index is 14.0. The van der Waals surface area contributed by atoms with Gasteiger partial charge in [0.2, 0.25) is 45.5 Å². The summed E-state index contributed by atoms with van der Waals surface area (Å²) >= 11 is 0. The van der Waals surface area contributed by atoms with E-state index in [-0.39, 0.29) is 25.8 Å². The number of sulfonamides is 1. The molecular weight excluding hydrogens is 668 g/mol. The van der Waals surface area contributed by atoms with Crippen LogP contribution >= 0.6 is 0 Å². The molecule has 6 amide bonds. The summed E-state index contributed by atoms with van der Waals surface area (Å²) in [4.78, 5) is 103. The molecule has 1 unspecified atom stereocenters. The minimum absolute atomic E-state index is 0.149. The SMILES string of the molecule is CCC1C(=O)N(S(C)(=O)=O)[C@H]2CCN(C(=O)[C@@H](NC(=O)[C@@H](NC(=O)[C@H](CC(=O)O)NC(=O)[C@H](CCC(=O)O)NC(C)=O)C(C)C)C(C)C)[C@H]12. The maximum absolute atomic E-state index is 14.0. The zero-order chi connectivity index (χ0) is 37.5. The van der Waals surface area contributed by atoms with Crippen molar-refractivity contribution < 1.29 is 57.0 Å². The Bertz CT molecular complexity index is 1430. The number of aliphatic carboxylic acids is 2. The second kappa shape index (κ2) is 16.9. The van der Waals surface area contributed by atoms with Crippen molar-refractivity contribution in [1.82, 2.24) is 30.5 Å². The molecule has 0 bridgehead atoms. The van der Waals surface area contributed by atoms with Crippen LogP contribution in [0, 0.1) is 17.8 Å². The minimum atomic E-state index is -3.89. The number of carboxylic acid groups (broad SMARTS) is 2. The summed E-state index contributed by atoms with van der Waals surface area (Å²) in [5.41, 5.74) is 0. The van der Waals surface area contributed by atoms with E-state index in [0.717, 1.165) is 17.5 Å². The number of nitrogens with one attached hydrogen (secondary N) is 4. The average molecular weight is 717 g/mol. The van der Waals surface area contributed by atoms with Gasteiger partial charge in [0.1, 0.15) is 24.2 Å². The molecule has 18 nitrogen and oxygen atoms in total. The van der Waals surface area contributed by atoms with Crippen molar-refractivity contribution in [3.05, 3.63) is 0 Å². The number of amides is 6. The van der Waals surface area contributed by atoms with Gasteiger partial charge in [-0.05, 0) is 31.1 Å². The monoisotopic (exact) mass is 716 g/mol. The average Bonchev–Trinajstić information content (AvgIpc) is 3.50. The van der Waals surface area contributed by atoms with E-state index in [2.05, 4.69) is 21.3 Å². The largest absolute Gasteiger partial charge is 0.481 e.